The predicted octanol–water partition coefficient (Wildman–Crippen LogP) is 2.33. The third kappa shape index (κ3) is 2.24. The zero-order chi connectivity index (χ0) is 16.0. The third-order valence-electron chi connectivity index (χ3n) is 4.23. The van der Waals surface area contributed by atoms with Crippen LogP contribution in [0.2, 0.25) is 10.0 Å². The van der Waals surface area contributed by atoms with E-state index in [1.165, 1.54) is 6.07 Å². The zero-order valence-electron chi connectivity index (χ0n) is 12.0. The summed E-state index contributed by atoms with van der Waals surface area (Å²) in [6.07, 6.45) is 0.684. The van der Waals surface area contributed by atoms with Crippen LogP contribution in [0.25, 0.3) is 10.9 Å². The van der Waals surface area contributed by atoms with Crippen LogP contribution in [-0.2, 0) is 18.3 Å². The van der Waals surface area contributed by atoms with Gasteiger partial charge < -0.3 is 20.1 Å². The number of hydrogen-bond donors (Lipinski definition) is 3. The number of aromatic hydroxyl groups is 1. The molecule has 7 heteroatoms. The number of benzene rings is 1. The molecule has 5 nitrogen and oxygen atoms in total. The van der Waals surface area contributed by atoms with Gasteiger partial charge in [-0.15, -0.1) is 0 Å². The molecule has 0 radical (unpaired) electrons. The lowest BCUT2D eigenvalue weighted by molar-refractivity contribution is -0.120. The van der Waals surface area contributed by atoms with Crippen molar-refractivity contribution in [1.29, 1.82) is 0 Å². The molecule has 0 bridgehead atoms. The maximum Gasteiger partial charge on any atom is 0.224 e. The summed E-state index contributed by atoms with van der Waals surface area (Å²) in [6, 6.07) is 1.40. The Balaban J connectivity index is 2.38. The number of carbonyl (C=O) groups is 1. The normalized spacial score (nSPS) is 18.2. The lowest BCUT2D eigenvalue weighted by Gasteiger charge is -2.16. The number of nitrogens with one attached hydrogen (secondary N) is 1. The fraction of sp³-hybridized carbons (Fsp3) is 0.400. The van der Waals surface area contributed by atoms with Crippen molar-refractivity contribution in [2.75, 3.05) is 13.2 Å². The molecule has 1 unspecified atom stereocenters. The maximum absolute atomic E-state index is 12.0. The van der Waals surface area contributed by atoms with Gasteiger partial charge >= 0.3 is 0 Å². The van der Waals surface area contributed by atoms with Gasteiger partial charge in [0.05, 0.1) is 22.0 Å². The molecular formula is C15H16Cl2N2O3. The van der Waals surface area contributed by atoms with Crippen LogP contribution in [0.5, 0.6) is 5.75 Å². The first-order chi connectivity index (χ1) is 10.5. The maximum atomic E-state index is 12.0. The van der Waals surface area contributed by atoms with E-state index < -0.39 is 0 Å². The number of aromatic nitrogens is 1. The van der Waals surface area contributed by atoms with Crippen LogP contribution in [-0.4, -0.2) is 33.8 Å². The Morgan fingerprint density at radius 1 is 1.45 bits per heavy atom. The lowest BCUT2D eigenvalue weighted by Crippen LogP contribution is -2.27. The minimum atomic E-state index is -0.111. The van der Waals surface area contributed by atoms with Gasteiger partial charge in [0.15, 0.2) is 0 Å². The van der Waals surface area contributed by atoms with Crippen LogP contribution >= 0.6 is 23.2 Å². The number of aliphatic hydroxyl groups excluding tert-OH is 1. The van der Waals surface area contributed by atoms with Crippen LogP contribution in [0.4, 0.5) is 0 Å². The number of amides is 1. The highest BCUT2D eigenvalue weighted by Crippen LogP contribution is 2.43. The van der Waals surface area contributed by atoms with Gasteiger partial charge in [-0.1, -0.05) is 23.2 Å². The second kappa shape index (κ2) is 5.65. The predicted molar refractivity (Wildman–Crippen MR) is 85.8 cm³/mol. The van der Waals surface area contributed by atoms with Crippen molar-refractivity contribution < 1.29 is 15.0 Å². The number of hydrogen-bond acceptors (Lipinski definition) is 3. The first kappa shape index (κ1) is 15.5. The summed E-state index contributed by atoms with van der Waals surface area (Å²) in [5.41, 5.74) is 2.28. The van der Waals surface area contributed by atoms with Crippen molar-refractivity contribution in [3.8, 4) is 5.75 Å². The summed E-state index contributed by atoms with van der Waals surface area (Å²) in [6.45, 7) is 0.463. The molecule has 0 spiro atoms. The van der Waals surface area contributed by atoms with E-state index in [9.17, 15) is 15.0 Å². The summed E-state index contributed by atoms with van der Waals surface area (Å²) < 4.78 is 1.87. The number of fused-ring (bicyclic) bond motifs is 3. The van der Waals surface area contributed by atoms with Crippen LogP contribution < -0.4 is 5.32 Å². The number of nitrogens with zero attached hydrogens (tertiary/aromatic N) is 1. The molecule has 2 aromatic rings. The van der Waals surface area contributed by atoms with E-state index >= 15 is 0 Å². The molecule has 0 aliphatic carbocycles. The van der Waals surface area contributed by atoms with Crippen molar-refractivity contribution >= 4 is 40.0 Å². The third-order valence-corrected chi connectivity index (χ3v) is 5.01. The minimum Gasteiger partial charge on any atom is -0.507 e. The highest BCUT2D eigenvalue weighted by atomic mass is 35.5. The smallest absolute Gasteiger partial charge is 0.224 e. The van der Waals surface area contributed by atoms with E-state index in [1.807, 2.05) is 11.6 Å². The second-order valence-corrected chi connectivity index (χ2v) is 6.31. The number of phenols is 1. The average molecular weight is 343 g/mol. The summed E-state index contributed by atoms with van der Waals surface area (Å²) in [7, 11) is 1.84. The summed E-state index contributed by atoms with van der Waals surface area (Å²) in [5.74, 6) is -0.142. The Bertz CT molecular complexity index is 770. The van der Waals surface area contributed by atoms with Crippen molar-refractivity contribution in [2.24, 2.45) is 7.05 Å². The van der Waals surface area contributed by atoms with Crippen LogP contribution in [0.1, 0.15) is 23.6 Å². The van der Waals surface area contributed by atoms with E-state index in [2.05, 4.69) is 5.32 Å². The molecule has 1 aromatic heterocycles. The molecule has 0 saturated heterocycles. The first-order valence-corrected chi connectivity index (χ1v) is 7.77. The molecule has 3 N–H and O–H groups in total. The quantitative estimate of drug-likeness (QED) is 0.784. The largest absolute Gasteiger partial charge is 0.507 e. The summed E-state index contributed by atoms with van der Waals surface area (Å²) in [4.78, 5) is 12.0. The highest BCUT2D eigenvalue weighted by Gasteiger charge is 2.30. The molecule has 118 valence electrons. The van der Waals surface area contributed by atoms with E-state index in [4.69, 9.17) is 23.2 Å². The summed E-state index contributed by atoms with van der Waals surface area (Å²) >= 11 is 12.4. The van der Waals surface area contributed by atoms with Gasteiger partial charge in [-0.05, 0) is 12.0 Å². The van der Waals surface area contributed by atoms with Gasteiger partial charge in [-0.2, -0.15) is 0 Å². The molecule has 2 heterocycles. The van der Waals surface area contributed by atoms with Crippen LogP contribution in [0.15, 0.2) is 6.07 Å². The monoisotopic (exact) mass is 342 g/mol. The Morgan fingerprint density at radius 2 is 2.18 bits per heavy atom. The minimum absolute atomic E-state index is 0.0127. The number of carbonyl (C=O) groups excluding carboxylic acids is 1. The number of phenolic OH excluding ortho intramolecular Hbond substituents is 1. The molecular weight excluding hydrogens is 327 g/mol. The van der Waals surface area contributed by atoms with Crippen molar-refractivity contribution in [1.82, 2.24) is 9.88 Å². The molecule has 0 saturated carbocycles. The zero-order valence-corrected chi connectivity index (χ0v) is 13.5. The average Bonchev–Trinajstić information content (AvgIpc) is 2.63. The number of rotatable bonds is 2. The van der Waals surface area contributed by atoms with Gasteiger partial charge in [0, 0.05) is 43.3 Å². The van der Waals surface area contributed by atoms with Gasteiger partial charge in [0.25, 0.3) is 0 Å². The van der Waals surface area contributed by atoms with Crippen LogP contribution in [0.3, 0.4) is 0 Å². The van der Waals surface area contributed by atoms with E-state index in [-0.39, 0.29) is 35.6 Å². The Kier molecular flexibility index (Phi) is 3.97. The number of aryl methyl sites for hydroxylation is 1. The molecule has 1 amide bonds. The van der Waals surface area contributed by atoms with Crippen molar-refractivity contribution in [3.63, 3.8) is 0 Å². The molecule has 3 rings (SSSR count). The fourth-order valence-corrected chi connectivity index (χ4v) is 3.78. The lowest BCUT2D eigenvalue weighted by atomic mass is 9.97. The standard InChI is InChI=1S/C15H16Cl2N2O3/c1-19-14-7(2-3-20)6-18-11(22)4-8(14)12-10(21)5-9(16)13(17)15(12)19/h5,7,20-21H,2-4,6H2,1H3,(H,18,22). The van der Waals surface area contributed by atoms with Crippen molar-refractivity contribution in [2.45, 2.75) is 18.8 Å². The van der Waals surface area contributed by atoms with Gasteiger partial charge in [0.1, 0.15) is 5.75 Å². The number of aliphatic hydroxyl groups is 1. The molecule has 1 aromatic carbocycles. The second-order valence-electron chi connectivity index (χ2n) is 5.53. The van der Waals surface area contributed by atoms with E-state index in [1.54, 1.807) is 0 Å². The van der Waals surface area contributed by atoms with Gasteiger partial charge in [0.2, 0.25) is 5.91 Å². The Labute approximate surface area is 137 Å². The van der Waals surface area contributed by atoms with E-state index in [0.29, 0.717) is 28.9 Å². The fourth-order valence-electron chi connectivity index (χ4n) is 3.31. The van der Waals surface area contributed by atoms with E-state index in [0.717, 1.165) is 11.3 Å². The summed E-state index contributed by atoms with van der Waals surface area (Å²) in [5, 5.41) is 23.6. The molecule has 1 atom stereocenters. The Morgan fingerprint density at radius 3 is 2.86 bits per heavy atom. The van der Waals surface area contributed by atoms with Crippen LogP contribution in [0, 0.1) is 0 Å². The van der Waals surface area contributed by atoms with Crippen molar-refractivity contribution in [3.05, 3.63) is 27.4 Å². The molecule has 1 aliphatic rings. The molecule has 22 heavy (non-hydrogen) atoms. The number of halogens is 2. The first-order valence-electron chi connectivity index (χ1n) is 7.01. The SMILES string of the molecule is Cn1c2c(c3c(O)cc(Cl)c(Cl)c31)CC(=O)NCC2CCO. The highest BCUT2D eigenvalue weighted by molar-refractivity contribution is 6.45. The molecule has 1 aliphatic heterocycles. The topological polar surface area (TPSA) is 74.5 Å². The Hall–Kier alpha value is -1.43. The van der Waals surface area contributed by atoms with Gasteiger partial charge in [-0.25, -0.2) is 0 Å². The molecule has 0 fully saturated rings. The van der Waals surface area contributed by atoms with Gasteiger partial charge in [-0.3, -0.25) is 4.79 Å².